The molecule has 0 aromatic carbocycles. The summed E-state index contributed by atoms with van der Waals surface area (Å²) in [7, 11) is 0. The van der Waals surface area contributed by atoms with Gasteiger partial charge in [0.25, 0.3) is 0 Å². The number of aryl methyl sites for hydroxylation is 1. The fraction of sp³-hybridized carbons (Fsp3) is 0.273. The van der Waals surface area contributed by atoms with Gasteiger partial charge in [-0.3, -0.25) is 0 Å². The van der Waals surface area contributed by atoms with Crippen molar-refractivity contribution in [3.63, 3.8) is 0 Å². The zero-order valence-corrected chi connectivity index (χ0v) is 10.5. The Labute approximate surface area is 112 Å². The van der Waals surface area contributed by atoms with E-state index < -0.39 is 11.7 Å². The standard InChI is InChI=1S/C11H12F3N5O/c1-6-2-8(19-20-6)5-16-9-3-7(11(12,13)14)4-10(17-9)18-15/h2-4H,5,15H2,1H3,(H2,16,17,18). The van der Waals surface area contributed by atoms with Crippen molar-refractivity contribution in [3.05, 3.63) is 35.2 Å². The maximum Gasteiger partial charge on any atom is 0.416 e. The number of nitrogen functional groups attached to an aromatic ring is 1. The van der Waals surface area contributed by atoms with Gasteiger partial charge in [-0.05, 0) is 19.1 Å². The van der Waals surface area contributed by atoms with E-state index in [1.165, 1.54) is 0 Å². The number of nitrogens with one attached hydrogen (secondary N) is 2. The molecular formula is C11H12F3N5O. The molecule has 0 fully saturated rings. The summed E-state index contributed by atoms with van der Waals surface area (Å²) in [5, 5.41) is 6.45. The van der Waals surface area contributed by atoms with Crippen LogP contribution in [0.15, 0.2) is 22.7 Å². The Hall–Kier alpha value is -2.29. The zero-order valence-electron chi connectivity index (χ0n) is 10.5. The molecule has 6 nitrogen and oxygen atoms in total. The van der Waals surface area contributed by atoms with Gasteiger partial charge in [0.1, 0.15) is 23.1 Å². The number of hydrazine groups is 1. The van der Waals surface area contributed by atoms with E-state index in [1.807, 2.05) is 0 Å². The number of nitrogens with zero attached hydrogens (tertiary/aromatic N) is 2. The summed E-state index contributed by atoms with van der Waals surface area (Å²) < 4.78 is 43.0. The van der Waals surface area contributed by atoms with Gasteiger partial charge in [-0.15, -0.1) is 0 Å². The lowest BCUT2D eigenvalue weighted by Gasteiger charge is -2.11. The SMILES string of the molecule is Cc1cc(CNc2cc(C(F)(F)F)cc(NN)n2)no1. The smallest absolute Gasteiger partial charge is 0.364 e. The van der Waals surface area contributed by atoms with Gasteiger partial charge in [0.05, 0.1) is 12.1 Å². The number of rotatable bonds is 4. The summed E-state index contributed by atoms with van der Waals surface area (Å²) in [6.45, 7) is 1.91. The fourth-order valence-electron chi connectivity index (χ4n) is 1.54. The lowest BCUT2D eigenvalue weighted by molar-refractivity contribution is -0.137. The molecule has 0 radical (unpaired) electrons. The molecule has 0 spiro atoms. The molecule has 2 rings (SSSR count). The van der Waals surface area contributed by atoms with E-state index in [-0.39, 0.29) is 18.2 Å². The number of hydrogen-bond donors (Lipinski definition) is 3. The largest absolute Gasteiger partial charge is 0.416 e. The Balaban J connectivity index is 2.18. The molecular weight excluding hydrogens is 275 g/mol. The Kier molecular flexibility index (Phi) is 3.79. The van der Waals surface area contributed by atoms with Crippen LogP contribution in [0.4, 0.5) is 24.8 Å². The van der Waals surface area contributed by atoms with Gasteiger partial charge in [-0.1, -0.05) is 5.16 Å². The van der Waals surface area contributed by atoms with Crippen molar-refractivity contribution in [2.45, 2.75) is 19.6 Å². The van der Waals surface area contributed by atoms with Gasteiger partial charge in [0.15, 0.2) is 0 Å². The van der Waals surface area contributed by atoms with Crippen LogP contribution in [0.25, 0.3) is 0 Å². The summed E-state index contributed by atoms with van der Waals surface area (Å²) in [6.07, 6.45) is -4.48. The summed E-state index contributed by atoms with van der Waals surface area (Å²) in [6, 6.07) is 3.39. The van der Waals surface area contributed by atoms with Crippen LogP contribution in [0.5, 0.6) is 0 Å². The van der Waals surface area contributed by atoms with Crippen LogP contribution in [0, 0.1) is 6.92 Å². The van der Waals surface area contributed by atoms with Gasteiger partial charge >= 0.3 is 6.18 Å². The van der Waals surface area contributed by atoms with Crippen molar-refractivity contribution >= 4 is 11.6 Å². The number of hydrogen-bond acceptors (Lipinski definition) is 6. The monoisotopic (exact) mass is 287 g/mol. The van der Waals surface area contributed by atoms with Crippen molar-refractivity contribution in [2.75, 3.05) is 10.7 Å². The molecule has 20 heavy (non-hydrogen) atoms. The van der Waals surface area contributed by atoms with Crippen LogP contribution in [0.2, 0.25) is 0 Å². The van der Waals surface area contributed by atoms with Crippen molar-refractivity contribution in [2.24, 2.45) is 5.84 Å². The van der Waals surface area contributed by atoms with E-state index in [4.69, 9.17) is 10.4 Å². The van der Waals surface area contributed by atoms with Crippen molar-refractivity contribution in [1.82, 2.24) is 10.1 Å². The molecule has 2 aromatic rings. The summed E-state index contributed by atoms with van der Waals surface area (Å²) in [5.41, 5.74) is 1.81. The van der Waals surface area contributed by atoms with E-state index in [0.29, 0.717) is 11.5 Å². The summed E-state index contributed by atoms with van der Waals surface area (Å²) >= 11 is 0. The Morgan fingerprint density at radius 2 is 1.95 bits per heavy atom. The molecule has 0 amide bonds. The fourth-order valence-corrected chi connectivity index (χ4v) is 1.54. The molecule has 0 aliphatic heterocycles. The second kappa shape index (κ2) is 5.37. The van der Waals surface area contributed by atoms with E-state index in [2.05, 4.69) is 20.9 Å². The number of pyridine rings is 1. The predicted octanol–water partition coefficient (Wildman–Crippen LogP) is 2.29. The van der Waals surface area contributed by atoms with E-state index >= 15 is 0 Å². The Bertz CT molecular complexity index is 596. The minimum absolute atomic E-state index is 0.0356. The van der Waals surface area contributed by atoms with Crippen LogP contribution < -0.4 is 16.6 Å². The third-order valence-electron chi connectivity index (χ3n) is 2.43. The quantitative estimate of drug-likeness (QED) is 0.590. The number of aromatic nitrogens is 2. The topological polar surface area (TPSA) is 89.0 Å². The molecule has 0 aliphatic carbocycles. The van der Waals surface area contributed by atoms with Crippen molar-refractivity contribution in [1.29, 1.82) is 0 Å². The van der Waals surface area contributed by atoms with Crippen molar-refractivity contribution < 1.29 is 17.7 Å². The summed E-state index contributed by atoms with van der Waals surface area (Å²) in [4.78, 5) is 3.88. The molecule has 0 saturated heterocycles. The molecule has 9 heteroatoms. The first-order valence-corrected chi connectivity index (χ1v) is 5.60. The normalized spacial score (nSPS) is 11.4. The minimum Gasteiger partial charge on any atom is -0.364 e. The molecule has 0 saturated carbocycles. The maximum absolute atomic E-state index is 12.7. The molecule has 0 atom stereocenters. The van der Waals surface area contributed by atoms with Gasteiger partial charge in [0, 0.05) is 6.07 Å². The van der Waals surface area contributed by atoms with Crippen LogP contribution in [-0.4, -0.2) is 10.1 Å². The highest BCUT2D eigenvalue weighted by atomic mass is 19.4. The van der Waals surface area contributed by atoms with Gasteiger partial charge in [-0.2, -0.15) is 13.2 Å². The molecule has 0 aliphatic rings. The second-order valence-corrected chi connectivity index (χ2v) is 4.05. The number of nitrogens with two attached hydrogens (primary N) is 1. The molecule has 0 unspecified atom stereocenters. The summed E-state index contributed by atoms with van der Waals surface area (Å²) in [5.74, 6) is 5.67. The van der Waals surface area contributed by atoms with Gasteiger partial charge in [0.2, 0.25) is 0 Å². The molecule has 108 valence electrons. The van der Waals surface area contributed by atoms with Crippen LogP contribution in [0.3, 0.4) is 0 Å². The van der Waals surface area contributed by atoms with Crippen molar-refractivity contribution in [3.8, 4) is 0 Å². The number of anilines is 2. The zero-order chi connectivity index (χ0) is 14.8. The van der Waals surface area contributed by atoms with Crippen LogP contribution in [-0.2, 0) is 12.7 Å². The third-order valence-corrected chi connectivity index (χ3v) is 2.43. The average Bonchev–Trinajstić information content (AvgIpc) is 2.81. The maximum atomic E-state index is 12.7. The highest BCUT2D eigenvalue weighted by molar-refractivity contribution is 5.49. The average molecular weight is 287 g/mol. The first kappa shape index (κ1) is 14.1. The molecule has 4 N–H and O–H groups in total. The van der Waals surface area contributed by atoms with Crippen LogP contribution >= 0.6 is 0 Å². The van der Waals surface area contributed by atoms with Gasteiger partial charge in [-0.25, -0.2) is 10.8 Å². The molecule has 2 heterocycles. The third kappa shape index (κ3) is 3.38. The lowest BCUT2D eigenvalue weighted by Crippen LogP contribution is -2.14. The molecule has 2 aromatic heterocycles. The lowest BCUT2D eigenvalue weighted by atomic mass is 10.2. The van der Waals surface area contributed by atoms with Crippen LogP contribution in [0.1, 0.15) is 17.0 Å². The second-order valence-electron chi connectivity index (χ2n) is 4.05. The highest BCUT2D eigenvalue weighted by Gasteiger charge is 2.31. The van der Waals surface area contributed by atoms with E-state index in [1.54, 1.807) is 13.0 Å². The predicted molar refractivity (Wildman–Crippen MR) is 65.6 cm³/mol. The highest BCUT2D eigenvalue weighted by Crippen LogP contribution is 2.31. The number of halogens is 3. The first-order chi connectivity index (χ1) is 9.38. The Morgan fingerprint density at radius 3 is 2.50 bits per heavy atom. The number of alkyl halides is 3. The Morgan fingerprint density at radius 1 is 1.25 bits per heavy atom. The minimum atomic E-state index is -4.48. The van der Waals surface area contributed by atoms with E-state index in [0.717, 1.165) is 12.1 Å². The van der Waals surface area contributed by atoms with E-state index in [9.17, 15) is 13.2 Å². The molecule has 0 bridgehead atoms. The first-order valence-electron chi connectivity index (χ1n) is 5.60. The van der Waals surface area contributed by atoms with Gasteiger partial charge < -0.3 is 15.3 Å².